The minimum Gasteiger partial charge on any atom is -0.379 e. The van der Waals surface area contributed by atoms with Gasteiger partial charge in [-0.05, 0) is 75.2 Å². The monoisotopic (exact) mass is 869 g/mol. The fraction of sp³-hybridized carbons (Fsp3) is 0.723. The predicted molar refractivity (Wildman–Crippen MR) is 245 cm³/mol. The van der Waals surface area contributed by atoms with Gasteiger partial charge in [0.05, 0.1) is 42.7 Å². The zero-order valence-electron chi connectivity index (χ0n) is 39.6. The molecule has 2 aromatic rings. The van der Waals surface area contributed by atoms with Gasteiger partial charge in [0.15, 0.2) is 0 Å². The summed E-state index contributed by atoms with van der Waals surface area (Å²) in [4.78, 5) is 78.0. The summed E-state index contributed by atoms with van der Waals surface area (Å²) in [5.41, 5.74) is 13.2. The van der Waals surface area contributed by atoms with Crippen LogP contribution >= 0.6 is 0 Å². The lowest BCUT2D eigenvalue weighted by atomic mass is 9.89. The molecular weight excluding hydrogens is 789 g/mol. The Kier molecular flexibility index (Phi) is 21.3. The van der Waals surface area contributed by atoms with E-state index >= 15 is 0 Å². The second-order valence-electron chi connectivity index (χ2n) is 18.2. The number of hydrogen-bond donors (Lipinski definition) is 5. The third kappa shape index (κ3) is 13.7. The number of methoxy groups -OCH3 is 2. The maximum Gasteiger partial charge on any atom is 0.245 e. The predicted octanol–water partition coefficient (Wildman–Crippen LogP) is 4.22. The van der Waals surface area contributed by atoms with Crippen LogP contribution in [0, 0.1) is 23.7 Å². The standard InChI is InChI=1S/C47H80N8O7/c1-12-31(6)42(54(9)47(60)40(29(2)3)52-46(59)41(30(4)5)53(8)24-18-14-13-17-23-48)38(61-10)27-39(56)55-25-19-22-37(55)43(62-11)32(7)45(58)51-36(44(49)57)26-33-28-50-35-21-16-15-20-34(33)35/h15-16,20-21,28-32,36-38,40-43,50H,12-14,17-19,22-27,48H2,1-11H3,(H2,49,57)(H,51,58)(H,52,59)/t31-,32+,36-,37-,38+,40-,41-,42-,43+/m0/s1. The summed E-state index contributed by atoms with van der Waals surface area (Å²) in [5, 5.41) is 6.93. The van der Waals surface area contributed by atoms with Crippen LogP contribution < -0.4 is 22.1 Å². The van der Waals surface area contributed by atoms with Crippen molar-refractivity contribution >= 4 is 40.4 Å². The van der Waals surface area contributed by atoms with Crippen molar-refractivity contribution in [1.82, 2.24) is 30.3 Å². The van der Waals surface area contributed by atoms with Crippen molar-refractivity contribution in [2.45, 2.75) is 149 Å². The lowest BCUT2D eigenvalue weighted by Gasteiger charge is -2.41. The van der Waals surface area contributed by atoms with Crippen molar-refractivity contribution in [2.24, 2.45) is 35.1 Å². The number of carbonyl (C=O) groups excluding carboxylic acids is 5. The number of likely N-dealkylation sites (N-methyl/N-ethyl adjacent to an activating group) is 2. The number of aromatic amines is 1. The number of hydrogen-bond acceptors (Lipinski definition) is 9. The van der Waals surface area contributed by atoms with Gasteiger partial charge >= 0.3 is 0 Å². The topological polar surface area (TPSA) is 205 Å². The number of likely N-dealkylation sites (tertiary alicyclic amines) is 1. The number of unbranched alkanes of at least 4 members (excludes halogenated alkanes) is 3. The average Bonchev–Trinajstić information content (AvgIpc) is 3.89. The smallest absolute Gasteiger partial charge is 0.245 e. The van der Waals surface area contributed by atoms with Crippen LogP contribution in [0.4, 0.5) is 0 Å². The van der Waals surface area contributed by atoms with Gasteiger partial charge in [0.25, 0.3) is 0 Å². The highest BCUT2D eigenvalue weighted by atomic mass is 16.5. The van der Waals surface area contributed by atoms with Crippen molar-refractivity contribution in [1.29, 1.82) is 0 Å². The van der Waals surface area contributed by atoms with E-state index in [9.17, 15) is 24.0 Å². The van der Waals surface area contributed by atoms with E-state index in [0.29, 0.717) is 19.5 Å². The molecule has 0 unspecified atom stereocenters. The highest BCUT2D eigenvalue weighted by molar-refractivity contribution is 5.91. The number of ether oxygens (including phenoxy) is 2. The first-order chi connectivity index (χ1) is 29.4. The minimum absolute atomic E-state index is 0.00475. The number of nitrogens with zero attached hydrogens (tertiary/aromatic N) is 3. The number of nitrogens with two attached hydrogens (primary N) is 2. The van der Waals surface area contributed by atoms with Crippen LogP contribution in [0.5, 0.6) is 0 Å². The summed E-state index contributed by atoms with van der Waals surface area (Å²) in [6.45, 7) is 15.6. The molecule has 1 aliphatic heterocycles. The Morgan fingerprint density at radius 2 is 1.60 bits per heavy atom. The summed E-state index contributed by atoms with van der Waals surface area (Å²) in [6, 6.07) is 4.67. The second-order valence-corrected chi connectivity index (χ2v) is 18.2. The van der Waals surface area contributed by atoms with E-state index < -0.39 is 60.1 Å². The van der Waals surface area contributed by atoms with Gasteiger partial charge in [0.2, 0.25) is 29.5 Å². The van der Waals surface area contributed by atoms with E-state index in [1.54, 1.807) is 30.9 Å². The Morgan fingerprint density at radius 1 is 0.919 bits per heavy atom. The lowest BCUT2D eigenvalue weighted by molar-refractivity contribution is -0.148. The first kappa shape index (κ1) is 52.3. The number of para-hydroxylation sites is 1. The van der Waals surface area contributed by atoms with Crippen LogP contribution in [-0.2, 0) is 39.9 Å². The first-order valence-electron chi connectivity index (χ1n) is 22.9. The van der Waals surface area contributed by atoms with Crippen LogP contribution in [0.15, 0.2) is 30.5 Å². The normalized spacial score (nSPS) is 18.3. The molecule has 7 N–H and O–H groups in total. The number of H-pyrrole nitrogens is 1. The average molecular weight is 869 g/mol. The third-order valence-electron chi connectivity index (χ3n) is 13.1. The van der Waals surface area contributed by atoms with E-state index in [0.717, 1.165) is 61.5 Å². The van der Waals surface area contributed by atoms with E-state index in [4.69, 9.17) is 20.9 Å². The second kappa shape index (κ2) is 25.3. The number of amides is 5. The number of fused-ring (bicyclic) bond motifs is 1. The Balaban J connectivity index is 1.76. The van der Waals surface area contributed by atoms with Crippen molar-refractivity contribution in [3.8, 4) is 0 Å². The highest BCUT2D eigenvalue weighted by Crippen LogP contribution is 2.30. The van der Waals surface area contributed by atoms with Gasteiger partial charge < -0.3 is 46.4 Å². The molecular formula is C47H80N8O7. The Morgan fingerprint density at radius 3 is 2.19 bits per heavy atom. The molecule has 350 valence electrons. The van der Waals surface area contributed by atoms with Crippen LogP contribution in [0.3, 0.4) is 0 Å². The minimum atomic E-state index is -0.953. The molecule has 15 heteroatoms. The number of primary amides is 1. The van der Waals surface area contributed by atoms with Crippen LogP contribution in [0.1, 0.15) is 105 Å². The molecule has 3 rings (SSSR count). The SMILES string of the molecule is CC[C@H](C)[C@@H]([C@@H](CC(=O)N1CCC[C@H]1[C@H](OC)[C@@H](C)C(=O)N[C@@H](Cc1c[nH]c2ccccc12)C(N)=O)OC)N(C)C(=O)[C@@H](NC(=O)[C@H](C(C)C)N(C)CCCCCCN)C(C)C. The molecule has 15 nitrogen and oxygen atoms in total. The van der Waals surface area contributed by atoms with E-state index in [1.807, 2.05) is 79.1 Å². The number of nitrogens with one attached hydrogen (secondary N) is 3. The maximum atomic E-state index is 14.5. The molecule has 5 amide bonds. The Labute approximate surface area is 371 Å². The Hall–Kier alpha value is -4.05. The highest BCUT2D eigenvalue weighted by Gasteiger charge is 2.43. The number of carbonyl (C=O) groups is 5. The molecule has 1 aromatic heterocycles. The molecule has 0 spiro atoms. The molecule has 1 fully saturated rings. The molecule has 1 aliphatic rings. The van der Waals surface area contributed by atoms with Crippen LogP contribution in [0.25, 0.3) is 10.9 Å². The number of aromatic nitrogens is 1. The first-order valence-corrected chi connectivity index (χ1v) is 22.9. The maximum absolute atomic E-state index is 14.5. The summed E-state index contributed by atoms with van der Waals surface area (Å²) in [7, 11) is 6.79. The molecule has 9 atom stereocenters. The molecule has 2 heterocycles. The van der Waals surface area contributed by atoms with Gasteiger partial charge in [-0.15, -0.1) is 0 Å². The zero-order valence-corrected chi connectivity index (χ0v) is 39.6. The van der Waals surface area contributed by atoms with Gasteiger partial charge in [0, 0.05) is 51.3 Å². The van der Waals surface area contributed by atoms with Crippen molar-refractivity contribution in [2.75, 3.05) is 47.9 Å². The molecule has 1 aromatic carbocycles. The fourth-order valence-corrected chi connectivity index (χ4v) is 9.33. The van der Waals surface area contributed by atoms with Gasteiger partial charge in [-0.3, -0.25) is 28.9 Å². The van der Waals surface area contributed by atoms with Crippen molar-refractivity contribution in [3.05, 3.63) is 36.0 Å². The molecule has 0 bridgehead atoms. The number of rotatable bonds is 27. The van der Waals surface area contributed by atoms with Gasteiger partial charge in [-0.25, -0.2) is 0 Å². The lowest BCUT2D eigenvalue weighted by Crippen LogP contribution is -2.60. The molecule has 0 radical (unpaired) electrons. The van der Waals surface area contributed by atoms with E-state index in [2.05, 4.69) is 20.5 Å². The molecule has 62 heavy (non-hydrogen) atoms. The largest absolute Gasteiger partial charge is 0.379 e. The summed E-state index contributed by atoms with van der Waals surface area (Å²) >= 11 is 0. The van der Waals surface area contributed by atoms with Crippen LogP contribution in [0.2, 0.25) is 0 Å². The van der Waals surface area contributed by atoms with E-state index in [-0.39, 0.29) is 48.3 Å². The van der Waals surface area contributed by atoms with E-state index in [1.165, 1.54) is 7.11 Å². The zero-order chi connectivity index (χ0) is 46.3. The third-order valence-corrected chi connectivity index (χ3v) is 13.1. The molecule has 0 aliphatic carbocycles. The summed E-state index contributed by atoms with van der Waals surface area (Å²) in [6.07, 6.45) is 6.81. The van der Waals surface area contributed by atoms with Crippen LogP contribution in [-0.4, -0.2) is 140 Å². The quantitative estimate of drug-likeness (QED) is 0.0815. The van der Waals surface area contributed by atoms with Crippen molar-refractivity contribution < 1.29 is 33.4 Å². The van der Waals surface area contributed by atoms with Gasteiger partial charge in [0.1, 0.15) is 12.1 Å². The summed E-state index contributed by atoms with van der Waals surface area (Å²) < 4.78 is 12.0. The summed E-state index contributed by atoms with van der Waals surface area (Å²) in [5.74, 6) is -2.60. The Bertz CT molecular complexity index is 1730. The number of benzene rings is 1. The van der Waals surface area contributed by atoms with Gasteiger partial charge in [-0.2, -0.15) is 0 Å². The van der Waals surface area contributed by atoms with Gasteiger partial charge in [-0.1, -0.05) is 85.9 Å². The molecule has 0 saturated carbocycles. The molecule has 1 saturated heterocycles. The van der Waals surface area contributed by atoms with Crippen molar-refractivity contribution in [3.63, 3.8) is 0 Å². The fourth-order valence-electron chi connectivity index (χ4n) is 9.33.